The monoisotopic (exact) mass is 254 g/mol. The van der Waals surface area contributed by atoms with Gasteiger partial charge in [-0.25, -0.2) is 0 Å². The van der Waals surface area contributed by atoms with Gasteiger partial charge >= 0.3 is 0 Å². The van der Waals surface area contributed by atoms with E-state index in [1.165, 1.54) is 0 Å². The topological polar surface area (TPSA) is 9.23 Å². The van der Waals surface area contributed by atoms with E-state index < -0.39 is 0 Å². The zero-order valence-electron chi connectivity index (χ0n) is 9.64. The molecule has 88 valence electrons. The summed E-state index contributed by atoms with van der Waals surface area (Å²) in [4.78, 5) is 0. The maximum absolute atomic E-state index is 6.23. The highest BCUT2D eigenvalue weighted by molar-refractivity contribution is 6.32. The first-order valence-electron chi connectivity index (χ1n) is 5.74. The van der Waals surface area contributed by atoms with Crippen LogP contribution in [-0.2, 0) is 0 Å². The van der Waals surface area contributed by atoms with Gasteiger partial charge < -0.3 is 4.74 Å². The molecule has 0 spiro atoms. The van der Waals surface area contributed by atoms with Crippen molar-refractivity contribution in [1.82, 2.24) is 0 Å². The molecule has 0 aromatic heterocycles. The molecule has 0 aliphatic carbocycles. The summed E-state index contributed by atoms with van der Waals surface area (Å²) in [7, 11) is 0. The Hall–Kier alpha value is -1.99. The first kappa shape index (κ1) is 11.1. The lowest BCUT2D eigenvalue weighted by atomic mass is 10.1. The van der Waals surface area contributed by atoms with E-state index in [2.05, 4.69) is 0 Å². The van der Waals surface area contributed by atoms with E-state index in [0.29, 0.717) is 10.8 Å². The largest absolute Gasteiger partial charge is 0.456 e. The molecular formula is C16H11ClO. The minimum Gasteiger partial charge on any atom is -0.456 e. The van der Waals surface area contributed by atoms with Gasteiger partial charge in [0.25, 0.3) is 0 Å². The number of benzene rings is 3. The number of fused-ring (bicyclic) bond motifs is 1. The summed E-state index contributed by atoms with van der Waals surface area (Å²) >= 11 is 6.23. The van der Waals surface area contributed by atoms with Crippen LogP contribution >= 0.6 is 11.6 Å². The molecule has 3 aromatic rings. The lowest BCUT2D eigenvalue weighted by Gasteiger charge is -2.08. The van der Waals surface area contributed by atoms with Gasteiger partial charge in [0.1, 0.15) is 11.5 Å². The minimum atomic E-state index is 0.623. The average molecular weight is 255 g/mol. The normalized spacial score (nSPS) is 10.5. The van der Waals surface area contributed by atoms with Gasteiger partial charge in [0.15, 0.2) is 0 Å². The molecule has 0 radical (unpaired) electrons. The summed E-state index contributed by atoms with van der Waals surface area (Å²) in [5.41, 5.74) is 0. The van der Waals surface area contributed by atoms with Crippen LogP contribution in [0.4, 0.5) is 0 Å². The molecule has 0 saturated carbocycles. The highest BCUT2D eigenvalue weighted by Gasteiger charge is 2.05. The number of para-hydroxylation sites is 1. The van der Waals surface area contributed by atoms with Crippen LogP contribution in [0.2, 0.25) is 5.02 Å². The quantitative estimate of drug-likeness (QED) is 0.604. The van der Waals surface area contributed by atoms with Crippen molar-refractivity contribution in [3.63, 3.8) is 0 Å². The standard InChI is InChI=1S/C16H11ClO/c17-15-10-12-6-4-5-7-13(12)11-16(15)18-14-8-2-1-3-9-14/h1-11H. The highest BCUT2D eigenvalue weighted by Crippen LogP contribution is 2.33. The number of hydrogen-bond acceptors (Lipinski definition) is 1. The highest BCUT2D eigenvalue weighted by atomic mass is 35.5. The van der Waals surface area contributed by atoms with Crippen molar-refractivity contribution in [3.8, 4) is 11.5 Å². The Morgan fingerprint density at radius 2 is 1.33 bits per heavy atom. The van der Waals surface area contributed by atoms with Crippen molar-refractivity contribution in [3.05, 3.63) is 71.8 Å². The smallest absolute Gasteiger partial charge is 0.146 e. The molecule has 0 aliphatic rings. The molecule has 0 amide bonds. The fraction of sp³-hybridized carbons (Fsp3) is 0. The predicted octanol–water partition coefficient (Wildman–Crippen LogP) is 5.29. The molecule has 0 N–H and O–H groups in total. The maximum atomic E-state index is 6.23. The van der Waals surface area contributed by atoms with Crippen molar-refractivity contribution >= 4 is 22.4 Å². The summed E-state index contributed by atoms with van der Waals surface area (Å²) in [5, 5.41) is 2.85. The van der Waals surface area contributed by atoms with Crippen LogP contribution in [0.15, 0.2) is 66.7 Å². The van der Waals surface area contributed by atoms with Crippen LogP contribution in [0.3, 0.4) is 0 Å². The van der Waals surface area contributed by atoms with Gasteiger partial charge in [0.05, 0.1) is 5.02 Å². The van der Waals surface area contributed by atoms with E-state index in [1.54, 1.807) is 0 Å². The third kappa shape index (κ3) is 2.18. The van der Waals surface area contributed by atoms with E-state index in [9.17, 15) is 0 Å². The van der Waals surface area contributed by atoms with Crippen molar-refractivity contribution in [2.75, 3.05) is 0 Å². The van der Waals surface area contributed by atoms with Crippen LogP contribution in [0.1, 0.15) is 0 Å². The van der Waals surface area contributed by atoms with E-state index in [0.717, 1.165) is 16.5 Å². The van der Waals surface area contributed by atoms with Crippen LogP contribution in [-0.4, -0.2) is 0 Å². The minimum absolute atomic E-state index is 0.623. The Morgan fingerprint density at radius 1 is 0.722 bits per heavy atom. The summed E-state index contributed by atoms with van der Waals surface area (Å²) in [6.07, 6.45) is 0. The summed E-state index contributed by atoms with van der Waals surface area (Å²) in [6.45, 7) is 0. The molecule has 0 bridgehead atoms. The third-order valence-electron chi connectivity index (χ3n) is 2.77. The van der Waals surface area contributed by atoms with Crippen molar-refractivity contribution in [2.45, 2.75) is 0 Å². The molecule has 0 atom stereocenters. The van der Waals surface area contributed by atoms with Crippen LogP contribution in [0.25, 0.3) is 10.8 Å². The molecule has 0 unspecified atom stereocenters. The molecule has 0 saturated heterocycles. The Bertz CT molecular complexity index is 677. The molecule has 2 heteroatoms. The van der Waals surface area contributed by atoms with Crippen molar-refractivity contribution in [2.24, 2.45) is 0 Å². The lowest BCUT2D eigenvalue weighted by Crippen LogP contribution is -1.85. The molecule has 0 fully saturated rings. The summed E-state index contributed by atoms with van der Waals surface area (Å²) in [6, 6.07) is 21.6. The fourth-order valence-electron chi connectivity index (χ4n) is 1.89. The maximum Gasteiger partial charge on any atom is 0.146 e. The van der Waals surface area contributed by atoms with E-state index in [-0.39, 0.29) is 0 Å². The summed E-state index contributed by atoms with van der Waals surface area (Å²) in [5.74, 6) is 1.47. The van der Waals surface area contributed by atoms with Gasteiger partial charge in [-0.05, 0) is 35.0 Å². The Morgan fingerprint density at radius 3 is 2.06 bits per heavy atom. The van der Waals surface area contributed by atoms with Gasteiger partial charge in [-0.2, -0.15) is 0 Å². The number of ether oxygens (including phenoxy) is 1. The van der Waals surface area contributed by atoms with Gasteiger partial charge in [-0.1, -0.05) is 54.1 Å². The number of halogens is 1. The average Bonchev–Trinajstić information content (AvgIpc) is 2.41. The zero-order valence-corrected chi connectivity index (χ0v) is 10.4. The lowest BCUT2D eigenvalue weighted by molar-refractivity contribution is 0.483. The third-order valence-corrected chi connectivity index (χ3v) is 3.07. The summed E-state index contributed by atoms with van der Waals surface area (Å²) < 4.78 is 5.79. The number of rotatable bonds is 2. The molecule has 1 nitrogen and oxygen atoms in total. The second kappa shape index (κ2) is 4.71. The van der Waals surface area contributed by atoms with Crippen LogP contribution in [0, 0.1) is 0 Å². The van der Waals surface area contributed by atoms with E-state index >= 15 is 0 Å². The number of hydrogen-bond donors (Lipinski definition) is 0. The SMILES string of the molecule is Clc1cc2ccccc2cc1Oc1ccccc1. The predicted molar refractivity (Wildman–Crippen MR) is 75.5 cm³/mol. The Kier molecular flexibility index (Phi) is 2.91. The second-order valence-electron chi connectivity index (χ2n) is 4.04. The molecule has 0 aliphatic heterocycles. The Labute approximate surface area is 111 Å². The Balaban J connectivity index is 2.04. The first-order valence-corrected chi connectivity index (χ1v) is 6.12. The van der Waals surface area contributed by atoms with Crippen LogP contribution < -0.4 is 4.74 Å². The van der Waals surface area contributed by atoms with Gasteiger partial charge in [0, 0.05) is 0 Å². The zero-order chi connectivity index (χ0) is 12.4. The second-order valence-corrected chi connectivity index (χ2v) is 4.45. The molecule has 18 heavy (non-hydrogen) atoms. The first-order chi connectivity index (χ1) is 8.83. The van der Waals surface area contributed by atoms with Gasteiger partial charge in [-0.15, -0.1) is 0 Å². The van der Waals surface area contributed by atoms with E-state index in [1.807, 2.05) is 66.7 Å². The fourth-order valence-corrected chi connectivity index (χ4v) is 2.10. The molecular weight excluding hydrogens is 244 g/mol. The molecule has 3 rings (SSSR count). The van der Waals surface area contributed by atoms with Crippen molar-refractivity contribution in [1.29, 1.82) is 0 Å². The van der Waals surface area contributed by atoms with E-state index in [4.69, 9.17) is 16.3 Å². The molecule has 3 aromatic carbocycles. The van der Waals surface area contributed by atoms with Crippen molar-refractivity contribution < 1.29 is 4.74 Å². The van der Waals surface area contributed by atoms with Crippen LogP contribution in [0.5, 0.6) is 11.5 Å². The van der Waals surface area contributed by atoms with Gasteiger partial charge in [0.2, 0.25) is 0 Å². The van der Waals surface area contributed by atoms with Gasteiger partial charge in [-0.3, -0.25) is 0 Å². The molecule has 0 heterocycles.